The fourth-order valence-electron chi connectivity index (χ4n) is 3.85. The number of benzene rings is 2. The zero-order chi connectivity index (χ0) is 21.1. The van der Waals surface area contributed by atoms with Crippen LogP contribution >= 0.6 is 0 Å². The van der Waals surface area contributed by atoms with Crippen molar-refractivity contribution in [2.24, 2.45) is 7.05 Å². The van der Waals surface area contributed by atoms with Gasteiger partial charge in [-0.3, -0.25) is 4.68 Å². The highest BCUT2D eigenvalue weighted by Gasteiger charge is 2.30. The van der Waals surface area contributed by atoms with E-state index in [0.29, 0.717) is 6.61 Å². The van der Waals surface area contributed by atoms with Gasteiger partial charge in [0.2, 0.25) is 10.0 Å². The van der Waals surface area contributed by atoms with E-state index in [0.717, 1.165) is 23.3 Å². The Morgan fingerprint density at radius 2 is 1.97 bits per heavy atom. The lowest BCUT2D eigenvalue weighted by molar-refractivity contribution is 0.218. The number of ether oxygens (including phenoxy) is 1. The van der Waals surface area contributed by atoms with Gasteiger partial charge < -0.3 is 10.1 Å². The van der Waals surface area contributed by atoms with Gasteiger partial charge >= 0.3 is 0 Å². The molecule has 0 fully saturated rings. The molecule has 0 radical (unpaired) electrons. The van der Waals surface area contributed by atoms with E-state index < -0.39 is 10.0 Å². The largest absolute Gasteiger partial charge is 0.492 e. The van der Waals surface area contributed by atoms with Crippen LogP contribution in [0.5, 0.6) is 5.75 Å². The van der Waals surface area contributed by atoms with Crippen LogP contribution in [0.15, 0.2) is 65.8 Å². The average molecular weight is 427 g/mol. The molecule has 1 aromatic heterocycles. The van der Waals surface area contributed by atoms with Gasteiger partial charge in [0.15, 0.2) is 0 Å². The summed E-state index contributed by atoms with van der Waals surface area (Å²) < 4.78 is 35.1. The number of aryl methyl sites for hydroxylation is 1. The van der Waals surface area contributed by atoms with Crippen molar-refractivity contribution < 1.29 is 13.2 Å². The first kappa shape index (κ1) is 20.6. The average Bonchev–Trinajstić information content (AvgIpc) is 3.21. The summed E-state index contributed by atoms with van der Waals surface area (Å²) in [7, 11) is 0.0220. The molecule has 3 aromatic rings. The van der Waals surface area contributed by atoms with Gasteiger partial charge in [0.1, 0.15) is 17.3 Å². The van der Waals surface area contributed by atoms with Crippen molar-refractivity contribution in [2.75, 3.05) is 13.7 Å². The molecule has 0 amide bonds. The van der Waals surface area contributed by atoms with Crippen LogP contribution < -0.4 is 14.8 Å². The number of sulfonamides is 1. The quantitative estimate of drug-likeness (QED) is 0.605. The molecule has 30 heavy (non-hydrogen) atoms. The molecule has 7 nitrogen and oxygen atoms in total. The molecule has 2 aromatic carbocycles. The Labute approximate surface area is 177 Å². The summed E-state index contributed by atoms with van der Waals surface area (Å²) in [5.74, 6) is 1.09. The first-order valence-electron chi connectivity index (χ1n) is 9.91. The van der Waals surface area contributed by atoms with Crippen molar-refractivity contribution >= 4 is 10.0 Å². The minimum absolute atomic E-state index is 0.156. The Hall–Kier alpha value is -2.68. The highest BCUT2D eigenvalue weighted by atomic mass is 32.2. The monoisotopic (exact) mass is 426 g/mol. The zero-order valence-electron chi connectivity index (χ0n) is 17.1. The van der Waals surface area contributed by atoms with Gasteiger partial charge in [0.05, 0.1) is 6.20 Å². The molecule has 8 heteroatoms. The van der Waals surface area contributed by atoms with Crippen LogP contribution in [0.25, 0.3) is 0 Å². The van der Waals surface area contributed by atoms with E-state index in [9.17, 15) is 8.42 Å². The Morgan fingerprint density at radius 3 is 2.67 bits per heavy atom. The number of rotatable bonds is 7. The number of fused-ring (bicyclic) bond motifs is 1. The van der Waals surface area contributed by atoms with E-state index in [1.54, 1.807) is 7.05 Å². The predicted molar refractivity (Wildman–Crippen MR) is 115 cm³/mol. The fraction of sp³-hybridized carbons (Fsp3) is 0.318. The topological polar surface area (TPSA) is 85.2 Å². The number of aromatic nitrogens is 2. The maximum atomic E-state index is 12.5. The van der Waals surface area contributed by atoms with Crippen LogP contribution in [0.4, 0.5) is 0 Å². The van der Waals surface area contributed by atoms with E-state index >= 15 is 0 Å². The molecule has 2 atom stereocenters. The molecular weight excluding hydrogens is 400 g/mol. The van der Waals surface area contributed by atoms with Crippen molar-refractivity contribution in [3.8, 4) is 5.75 Å². The molecule has 2 heterocycles. The van der Waals surface area contributed by atoms with Crippen molar-refractivity contribution in [2.45, 2.75) is 29.8 Å². The second kappa shape index (κ2) is 8.59. The maximum absolute atomic E-state index is 12.5. The van der Waals surface area contributed by atoms with Crippen molar-refractivity contribution in [3.63, 3.8) is 0 Å². The molecule has 0 saturated heterocycles. The number of likely N-dealkylation sites (N-methyl/N-ethyl adjacent to an activating group) is 1. The van der Waals surface area contributed by atoms with Crippen LogP contribution in [-0.2, 0) is 30.0 Å². The van der Waals surface area contributed by atoms with Crippen molar-refractivity contribution in [1.82, 2.24) is 19.8 Å². The van der Waals surface area contributed by atoms with Gasteiger partial charge in [-0.15, -0.1) is 0 Å². The van der Waals surface area contributed by atoms with Crippen LogP contribution in [0.2, 0.25) is 0 Å². The first-order chi connectivity index (χ1) is 14.5. The SMILES string of the molecule is CN[C@@H]1COc2ccc(CNS(=O)(=O)c3cnn(C)c3)cc2[C@H]1Cc1ccccc1. The van der Waals surface area contributed by atoms with Crippen molar-refractivity contribution in [3.05, 3.63) is 77.6 Å². The predicted octanol–water partition coefficient (Wildman–Crippen LogP) is 2.21. The van der Waals surface area contributed by atoms with E-state index in [4.69, 9.17) is 4.74 Å². The number of nitrogens with one attached hydrogen (secondary N) is 2. The molecule has 0 spiro atoms. The minimum atomic E-state index is -3.61. The summed E-state index contributed by atoms with van der Waals surface area (Å²) in [4.78, 5) is 0.156. The van der Waals surface area contributed by atoms with E-state index in [2.05, 4.69) is 33.3 Å². The Kier molecular flexibility index (Phi) is 5.90. The highest BCUT2D eigenvalue weighted by Crippen LogP contribution is 2.36. The first-order valence-corrected chi connectivity index (χ1v) is 11.4. The van der Waals surface area contributed by atoms with Gasteiger partial charge in [-0.05, 0) is 36.2 Å². The Bertz CT molecular complexity index is 1110. The van der Waals surface area contributed by atoms with Crippen LogP contribution in [0.1, 0.15) is 22.6 Å². The Balaban J connectivity index is 1.57. The maximum Gasteiger partial charge on any atom is 0.243 e. The number of hydrogen-bond acceptors (Lipinski definition) is 5. The van der Waals surface area contributed by atoms with Crippen molar-refractivity contribution in [1.29, 1.82) is 0 Å². The molecule has 0 unspecified atom stereocenters. The lowest BCUT2D eigenvalue weighted by Gasteiger charge is -2.34. The second-order valence-electron chi connectivity index (χ2n) is 7.55. The zero-order valence-corrected chi connectivity index (χ0v) is 17.9. The molecule has 1 aliphatic heterocycles. The molecule has 0 bridgehead atoms. The third kappa shape index (κ3) is 4.40. The van der Waals surface area contributed by atoms with E-state index in [1.807, 2.05) is 37.4 Å². The van der Waals surface area contributed by atoms with E-state index in [1.165, 1.54) is 22.6 Å². The third-order valence-corrected chi connectivity index (χ3v) is 6.86. The molecule has 4 rings (SSSR count). The molecule has 1 aliphatic rings. The minimum Gasteiger partial charge on any atom is -0.492 e. The number of hydrogen-bond donors (Lipinski definition) is 2. The molecule has 0 aliphatic carbocycles. The molecule has 158 valence electrons. The molecule has 0 saturated carbocycles. The van der Waals surface area contributed by atoms with Gasteiger partial charge in [0, 0.05) is 31.7 Å². The normalized spacial score (nSPS) is 18.6. The smallest absolute Gasteiger partial charge is 0.243 e. The Morgan fingerprint density at radius 1 is 1.17 bits per heavy atom. The lowest BCUT2D eigenvalue weighted by Crippen LogP contribution is -2.41. The summed E-state index contributed by atoms with van der Waals surface area (Å²) in [5.41, 5.74) is 3.25. The second-order valence-corrected chi connectivity index (χ2v) is 9.32. The fourth-order valence-corrected chi connectivity index (χ4v) is 4.85. The number of nitrogens with zero attached hydrogens (tertiary/aromatic N) is 2. The summed E-state index contributed by atoms with van der Waals surface area (Å²) in [6, 6.07) is 16.5. The van der Waals surface area contributed by atoms with Gasteiger partial charge in [-0.1, -0.05) is 42.5 Å². The van der Waals surface area contributed by atoms with Gasteiger partial charge in [0.25, 0.3) is 0 Å². The van der Waals surface area contributed by atoms with Crippen LogP contribution in [0, 0.1) is 0 Å². The summed E-state index contributed by atoms with van der Waals surface area (Å²) in [6.07, 6.45) is 3.71. The summed E-state index contributed by atoms with van der Waals surface area (Å²) in [6.45, 7) is 0.806. The molecule has 2 N–H and O–H groups in total. The lowest BCUT2D eigenvalue weighted by atomic mass is 9.83. The van der Waals surface area contributed by atoms with Gasteiger partial charge in [-0.2, -0.15) is 5.10 Å². The summed E-state index contributed by atoms with van der Waals surface area (Å²) in [5, 5.41) is 7.31. The molecular formula is C22H26N4O3S. The van der Waals surface area contributed by atoms with Gasteiger partial charge in [-0.25, -0.2) is 13.1 Å². The highest BCUT2D eigenvalue weighted by molar-refractivity contribution is 7.89. The standard InChI is InChI=1S/C22H26N4O3S/c1-23-21-15-29-22-9-8-17(12-25-30(27,28)18-13-24-26(2)14-18)11-20(22)19(21)10-16-6-4-3-5-7-16/h3-9,11,13-14,19,21,23,25H,10,12,15H2,1-2H3/t19-,21-/m1/s1. The third-order valence-electron chi connectivity index (χ3n) is 5.50. The summed E-state index contributed by atoms with van der Waals surface area (Å²) >= 11 is 0. The van der Waals surface area contributed by atoms with Crippen LogP contribution in [0.3, 0.4) is 0 Å². The van der Waals surface area contributed by atoms with E-state index in [-0.39, 0.29) is 23.4 Å². The van der Waals surface area contributed by atoms with Crippen LogP contribution in [-0.4, -0.2) is 37.9 Å².